The number of para-hydroxylation sites is 1. The highest BCUT2D eigenvalue weighted by molar-refractivity contribution is 7.98. The molecule has 0 bridgehead atoms. The molecule has 10 heteroatoms. The van der Waals surface area contributed by atoms with Crippen molar-refractivity contribution >= 4 is 40.8 Å². The molecule has 0 unspecified atom stereocenters. The zero-order valence-corrected chi connectivity index (χ0v) is 25.0. The molecular weight excluding hydrogens is 570 g/mol. The van der Waals surface area contributed by atoms with E-state index in [1.807, 2.05) is 60.7 Å². The van der Waals surface area contributed by atoms with E-state index in [1.54, 1.807) is 11.8 Å². The number of halogens is 1. The number of carbonyl (C=O) groups excluding carboxylic acids is 1. The van der Waals surface area contributed by atoms with Gasteiger partial charge in [-0.15, -0.1) is 0 Å². The molecule has 0 spiro atoms. The first kappa shape index (κ1) is 28.2. The average molecular weight is 602 g/mol. The Labute approximate surface area is 255 Å². The smallest absolute Gasteiger partial charge is 0.251 e. The van der Waals surface area contributed by atoms with E-state index in [9.17, 15) is 4.79 Å². The number of ether oxygens (including phenoxy) is 2. The minimum atomic E-state index is -0.123. The second-order valence-corrected chi connectivity index (χ2v) is 11.5. The van der Waals surface area contributed by atoms with Crippen LogP contribution in [0.5, 0.6) is 11.5 Å². The summed E-state index contributed by atoms with van der Waals surface area (Å²) >= 11 is 8.02. The zero-order chi connectivity index (χ0) is 28.9. The lowest BCUT2D eigenvalue weighted by Crippen LogP contribution is -2.47. The van der Waals surface area contributed by atoms with Crippen molar-refractivity contribution in [3.8, 4) is 11.5 Å². The average Bonchev–Trinajstić information content (AvgIpc) is 3.51. The maximum Gasteiger partial charge on any atom is 0.251 e. The molecule has 42 heavy (non-hydrogen) atoms. The Morgan fingerprint density at radius 2 is 1.71 bits per heavy atom. The quantitative estimate of drug-likeness (QED) is 0.186. The molecule has 0 atom stereocenters. The van der Waals surface area contributed by atoms with Gasteiger partial charge in [0.25, 0.3) is 5.91 Å². The Balaban J connectivity index is 1.07. The molecule has 2 aliphatic rings. The number of benzene rings is 3. The number of thioether (sulfide) groups is 1. The summed E-state index contributed by atoms with van der Waals surface area (Å²) in [5.41, 5.74) is 4.71. The van der Waals surface area contributed by atoms with E-state index in [1.165, 1.54) is 0 Å². The van der Waals surface area contributed by atoms with Crippen molar-refractivity contribution in [3.05, 3.63) is 100 Å². The number of hydrogen-bond acceptors (Lipinski definition) is 8. The molecule has 2 aliphatic heterocycles. The van der Waals surface area contributed by atoms with Gasteiger partial charge < -0.3 is 24.6 Å². The van der Waals surface area contributed by atoms with Gasteiger partial charge in [0.15, 0.2) is 16.7 Å². The van der Waals surface area contributed by atoms with E-state index in [4.69, 9.17) is 31.0 Å². The number of piperazine rings is 1. The van der Waals surface area contributed by atoms with E-state index < -0.39 is 0 Å². The van der Waals surface area contributed by atoms with Crippen LogP contribution in [-0.2, 0) is 18.7 Å². The predicted octanol–water partition coefficient (Wildman–Crippen LogP) is 5.97. The Bertz CT molecular complexity index is 1580. The lowest BCUT2D eigenvalue weighted by molar-refractivity contribution is 0.0950. The van der Waals surface area contributed by atoms with Crippen molar-refractivity contribution in [3.63, 3.8) is 0 Å². The van der Waals surface area contributed by atoms with Gasteiger partial charge >= 0.3 is 0 Å². The first-order chi connectivity index (χ1) is 20.6. The number of fused-ring (bicyclic) bond motifs is 1. The minimum Gasteiger partial charge on any atom is -0.454 e. The number of carbonyl (C=O) groups is 1. The normalized spacial score (nSPS) is 14.2. The van der Waals surface area contributed by atoms with Gasteiger partial charge in [-0.2, -0.15) is 0 Å². The fourth-order valence-electron chi connectivity index (χ4n) is 5.04. The third kappa shape index (κ3) is 6.58. The van der Waals surface area contributed by atoms with Crippen LogP contribution in [0.1, 0.15) is 34.1 Å². The van der Waals surface area contributed by atoms with Gasteiger partial charge in [0.05, 0.1) is 10.7 Å². The number of anilines is 2. The van der Waals surface area contributed by atoms with E-state index in [-0.39, 0.29) is 12.7 Å². The van der Waals surface area contributed by atoms with Crippen molar-refractivity contribution in [2.45, 2.75) is 30.8 Å². The van der Waals surface area contributed by atoms with Gasteiger partial charge in [0.2, 0.25) is 6.79 Å². The van der Waals surface area contributed by atoms with E-state index in [0.29, 0.717) is 23.6 Å². The molecule has 0 saturated carbocycles. The van der Waals surface area contributed by atoms with Crippen LogP contribution in [0.4, 0.5) is 11.5 Å². The second-order valence-electron chi connectivity index (χ2n) is 10.1. The first-order valence-corrected chi connectivity index (χ1v) is 15.4. The molecule has 6 rings (SSSR count). The molecule has 3 aromatic carbocycles. The Morgan fingerprint density at radius 3 is 2.55 bits per heavy atom. The summed E-state index contributed by atoms with van der Waals surface area (Å²) in [6, 6.07) is 23.5. The molecule has 216 valence electrons. The van der Waals surface area contributed by atoms with E-state index >= 15 is 0 Å². The van der Waals surface area contributed by atoms with Crippen molar-refractivity contribution in [1.82, 2.24) is 15.3 Å². The summed E-state index contributed by atoms with van der Waals surface area (Å²) in [7, 11) is 0. The van der Waals surface area contributed by atoms with Gasteiger partial charge in [0, 0.05) is 55.8 Å². The fourth-order valence-corrected chi connectivity index (χ4v) is 6.11. The van der Waals surface area contributed by atoms with Crippen LogP contribution >= 0.6 is 23.4 Å². The van der Waals surface area contributed by atoms with Crippen molar-refractivity contribution < 1.29 is 14.3 Å². The van der Waals surface area contributed by atoms with Gasteiger partial charge in [-0.3, -0.25) is 4.79 Å². The topological polar surface area (TPSA) is 79.8 Å². The Morgan fingerprint density at radius 1 is 0.905 bits per heavy atom. The van der Waals surface area contributed by atoms with Crippen molar-refractivity contribution in [2.75, 3.05) is 42.8 Å². The molecule has 1 amide bonds. The third-order valence-corrected chi connectivity index (χ3v) is 8.59. The SMILES string of the molecule is CCc1cc(N2CCN(c3ccccc3Cl)CC2)nc(SCc2cccc(C(=O)NCc3ccc4c(c3)OCO4)c2)n1. The van der Waals surface area contributed by atoms with Crippen LogP contribution in [0, 0.1) is 0 Å². The zero-order valence-electron chi connectivity index (χ0n) is 23.4. The molecular formula is C32H32ClN5O3S. The molecule has 3 heterocycles. The lowest BCUT2D eigenvalue weighted by atomic mass is 10.1. The Kier molecular flexibility index (Phi) is 8.67. The molecule has 1 saturated heterocycles. The number of rotatable bonds is 9. The van der Waals surface area contributed by atoms with Gasteiger partial charge in [-0.05, 0) is 53.9 Å². The Hall–Kier alpha value is -3.95. The number of aryl methyl sites for hydroxylation is 1. The number of aromatic nitrogens is 2. The summed E-state index contributed by atoms with van der Waals surface area (Å²) < 4.78 is 10.8. The summed E-state index contributed by atoms with van der Waals surface area (Å²) in [6.45, 7) is 6.22. The second kappa shape index (κ2) is 12.9. The molecule has 0 radical (unpaired) electrons. The van der Waals surface area contributed by atoms with Crippen molar-refractivity contribution in [1.29, 1.82) is 0 Å². The van der Waals surface area contributed by atoms with Crippen LogP contribution in [0.15, 0.2) is 78.0 Å². The number of nitrogens with one attached hydrogen (secondary N) is 1. The third-order valence-electron chi connectivity index (χ3n) is 7.35. The van der Waals surface area contributed by atoms with Crippen LogP contribution in [-0.4, -0.2) is 48.8 Å². The summed E-state index contributed by atoms with van der Waals surface area (Å²) in [5.74, 6) is 2.93. The lowest BCUT2D eigenvalue weighted by Gasteiger charge is -2.37. The van der Waals surface area contributed by atoms with Crippen LogP contribution in [0.2, 0.25) is 5.02 Å². The largest absolute Gasteiger partial charge is 0.454 e. The van der Waals surface area contributed by atoms with Crippen LogP contribution in [0.25, 0.3) is 0 Å². The standard InChI is InChI=1S/C32H32ClN5O3S/c1-2-25-18-30(38-14-12-37(13-15-38)27-9-4-3-8-26(27)33)36-32(35-25)42-20-23-6-5-7-24(16-23)31(39)34-19-22-10-11-28-29(17-22)41-21-40-28/h3-11,16-18H,2,12-15,19-21H2,1H3,(H,34,39). The summed E-state index contributed by atoms with van der Waals surface area (Å²) in [5, 5.41) is 4.53. The highest BCUT2D eigenvalue weighted by atomic mass is 35.5. The molecule has 1 N–H and O–H groups in total. The number of hydrogen-bond donors (Lipinski definition) is 1. The molecule has 0 aliphatic carbocycles. The molecule has 1 aromatic heterocycles. The highest BCUT2D eigenvalue weighted by Crippen LogP contribution is 2.32. The first-order valence-electron chi connectivity index (χ1n) is 14.1. The maximum absolute atomic E-state index is 12.9. The molecule has 4 aromatic rings. The van der Waals surface area contributed by atoms with Gasteiger partial charge in [-0.1, -0.05) is 60.6 Å². The van der Waals surface area contributed by atoms with Crippen LogP contribution < -0.4 is 24.6 Å². The highest BCUT2D eigenvalue weighted by Gasteiger charge is 2.21. The maximum atomic E-state index is 12.9. The van der Waals surface area contributed by atoms with E-state index in [0.717, 1.165) is 76.9 Å². The fraction of sp³-hybridized carbons (Fsp3) is 0.281. The van der Waals surface area contributed by atoms with Crippen LogP contribution in [0.3, 0.4) is 0 Å². The monoisotopic (exact) mass is 601 g/mol. The summed E-state index contributed by atoms with van der Waals surface area (Å²) in [4.78, 5) is 27.2. The predicted molar refractivity (Wildman–Crippen MR) is 167 cm³/mol. The number of amides is 1. The molecule has 1 fully saturated rings. The van der Waals surface area contributed by atoms with Gasteiger partial charge in [0.1, 0.15) is 5.82 Å². The minimum absolute atomic E-state index is 0.123. The van der Waals surface area contributed by atoms with Crippen molar-refractivity contribution in [2.24, 2.45) is 0 Å². The van der Waals surface area contributed by atoms with E-state index in [2.05, 4.69) is 34.2 Å². The molecule has 8 nitrogen and oxygen atoms in total. The number of nitrogens with zero attached hydrogens (tertiary/aromatic N) is 4. The van der Waals surface area contributed by atoms with Gasteiger partial charge in [-0.25, -0.2) is 9.97 Å². The summed E-state index contributed by atoms with van der Waals surface area (Å²) in [6.07, 6.45) is 0.835.